The van der Waals surface area contributed by atoms with Crippen LogP contribution in [0.3, 0.4) is 0 Å². The number of thiazole rings is 1. The normalized spacial score (nSPS) is 16.3. The molecule has 0 spiro atoms. The molecule has 2 aliphatic rings. The second kappa shape index (κ2) is 20.4. The summed E-state index contributed by atoms with van der Waals surface area (Å²) in [7, 11) is 0. The number of aromatic amines is 1. The van der Waals surface area contributed by atoms with Gasteiger partial charge < -0.3 is 44.2 Å². The Labute approximate surface area is 392 Å². The number of aliphatic hydroxyl groups excluding tert-OH is 1. The first-order chi connectivity index (χ1) is 32.6. The molecule has 16 heteroatoms. The van der Waals surface area contributed by atoms with E-state index < -0.39 is 24.1 Å². The van der Waals surface area contributed by atoms with Crippen molar-refractivity contribution >= 4 is 50.9 Å². The van der Waals surface area contributed by atoms with E-state index in [4.69, 9.17) is 18.9 Å². The highest BCUT2D eigenvalue weighted by atomic mass is 32.1. The van der Waals surface area contributed by atoms with Crippen molar-refractivity contribution in [2.75, 3.05) is 46.2 Å². The predicted octanol–water partition coefficient (Wildman–Crippen LogP) is 6.96. The number of rotatable bonds is 19. The number of likely N-dealkylation sites (tertiary alicyclic amines) is 1. The van der Waals surface area contributed by atoms with Crippen LogP contribution in [0.5, 0.6) is 11.6 Å². The van der Waals surface area contributed by atoms with E-state index in [1.165, 1.54) is 16.2 Å². The first-order valence-electron chi connectivity index (χ1n) is 22.5. The summed E-state index contributed by atoms with van der Waals surface area (Å²) in [6, 6.07) is 23.6. The first kappa shape index (κ1) is 45.4. The third kappa shape index (κ3) is 10.0. The molecule has 2 aliphatic heterocycles. The standard InChI is InChI=1S/C51H53N7O8S/c1-31(2)47(58-28-37-6-4-5-7-39(37)50(58)61)51(62)57-29-38(59)24-44(57)49(60)54-26-36-9-8-34(48-32(3)55-30-67-48)23-45(36)65-20-18-63-16-17-64-19-21-66-46-13-11-35(25-53-46)33-10-12-40-41-27-52-15-14-42(41)56-43(40)22-33/h4-15,22-23,25,27,30-31,38,44,47,56,59H,16-21,24,26,28-29H2,1-3H3,(H,54,60)/t38?,44?,47-/m0/s1. The summed E-state index contributed by atoms with van der Waals surface area (Å²) in [5.74, 6) is -0.0959. The highest BCUT2D eigenvalue weighted by Gasteiger charge is 2.45. The number of fused-ring (bicyclic) bond motifs is 4. The van der Waals surface area contributed by atoms with Crippen molar-refractivity contribution < 1.29 is 38.4 Å². The number of hydrogen-bond acceptors (Lipinski definition) is 12. The number of β-amino-alcohol motifs (C(OH)–C–C–N with tert-alkyl or cyclic N) is 1. The summed E-state index contributed by atoms with van der Waals surface area (Å²) in [6.45, 7) is 8.14. The van der Waals surface area contributed by atoms with Gasteiger partial charge in [0.2, 0.25) is 17.7 Å². The Balaban J connectivity index is 0.736. The number of ether oxygens (including phenoxy) is 4. The van der Waals surface area contributed by atoms with Crippen LogP contribution >= 0.6 is 11.3 Å². The van der Waals surface area contributed by atoms with E-state index >= 15 is 0 Å². The molecule has 3 amide bonds. The van der Waals surface area contributed by atoms with Gasteiger partial charge in [-0.2, -0.15) is 0 Å². The van der Waals surface area contributed by atoms with Crippen LogP contribution in [0.15, 0.2) is 103 Å². The minimum atomic E-state index is -0.907. The molecule has 4 aromatic heterocycles. The average Bonchev–Trinajstić information content (AvgIpc) is 4.13. The van der Waals surface area contributed by atoms with Gasteiger partial charge >= 0.3 is 0 Å². The van der Waals surface area contributed by atoms with Gasteiger partial charge in [-0.25, -0.2) is 9.97 Å². The molecule has 6 heterocycles. The number of H-pyrrole nitrogens is 1. The first-order valence-corrected chi connectivity index (χ1v) is 23.4. The summed E-state index contributed by atoms with van der Waals surface area (Å²) in [5.41, 5.74) is 9.94. The molecular formula is C51H53N7O8S. The van der Waals surface area contributed by atoms with Gasteiger partial charge in [-0.3, -0.25) is 19.4 Å². The second-order valence-corrected chi connectivity index (χ2v) is 18.0. The Kier molecular flexibility index (Phi) is 13.9. The van der Waals surface area contributed by atoms with Crippen molar-refractivity contribution in [3.8, 4) is 33.2 Å². The molecule has 9 rings (SSSR count). The van der Waals surface area contributed by atoms with E-state index in [2.05, 4.69) is 43.5 Å². The van der Waals surface area contributed by atoms with Crippen LogP contribution in [-0.2, 0) is 32.2 Å². The van der Waals surface area contributed by atoms with E-state index in [0.717, 1.165) is 60.2 Å². The van der Waals surface area contributed by atoms with Gasteiger partial charge in [0.25, 0.3) is 5.91 Å². The van der Waals surface area contributed by atoms with Crippen LogP contribution in [0.2, 0.25) is 0 Å². The monoisotopic (exact) mass is 923 g/mol. The fraction of sp³-hybridized carbons (Fsp3) is 0.333. The molecule has 1 saturated heterocycles. The highest BCUT2D eigenvalue weighted by Crippen LogP contribution is 2.34. The van der Waals surface area contributed by atoms with Crippen LogP contribution in [-0.4, -0.2) is 117 Å². The third-order valence-corrected chi connectivity index (χ3v) is 13.2. The van der Waals surface area contributed by atoms with E-state index in [9.17, 15) is 19.5 Å². The van der Waals surface area contributed by atoms with Gasteiger partial charge in [0.1, 0.15) is 31.0 Å². The summed E-state index contributed by atoms with van der Waals surface area (Å²) < 4.78 is 23.6. The molecule has 0 bridgehead atoms. The van der Waals surface area contributed by atoms with Crippen LogP contribution in [0.1, 0.15) is 47.4 Å². The molecule has 0 saturated carbocycles. The van der Waals surface area contributed by atoms with Crippen molar-refractivity contribution in [1.29, 1.82) is 0 Å². The molecule has 7 aromatic rings. The van der Waals surface area contributed by atoms with Crippen molar-refractivity contribution in [3.63, 3.8) is 0 Å². The number of aliphatic hydroxyl groups is 1. The maximum absolute atomic E-state index is 14.2. The zero-order chi connectivity index (χ0) is 46.4. The molecule has 15 nitrogen and oxygen atoms in total. The maximum atomic E-state index is 14.2. The molecule has 1 fully saturated rings. The molecule has 3 aromatic carbocycles. The number of nitrogens with zero attached hydrogens (tertiary/aromatic N) is 5. The molecule has 67 heavy (non-hydrogen) atoms. The number of pyridine rings is 2. The molecule has 3 atom stereocenters. The van der Waals surface area contributed by atoms with Gasteiger partial charge in [-0.05, 0) is 59.9 Å². The van der Waals surface area contributed by atoms with Gasteiger partial charge in [0.05, 0.1) is 48.6 Å². The minimum Gasteiger partial charge on any atom is -0.491 e. The Bertz CT molecular complexity index is 2880. The predicted molar refractivity (Wildman–Crippen MR) is 255 cm³/mol. The number of carbonyl (C=O) groups excluding carboxylic acids is 3. The van der Waals surface area contributed by atoms with E-state index in [1.807, 2.05) is 81.6 Å². The van der Waals surface area contributed by atoms with E-state index in [1.54, 1.807) is 28.9 Å². The average molecular weight is 924 g/mol. The molecule has 0 aliphatic carbocycles. The Morgan fingerprint density at radius 1 is 0.866 bits per heavy atom. The zero-order valence-electron chi connectivity index (χ0n) is 37.6. The van der Waals surface area contributed by atoms with Crippen molar-refractivity contribution in [2.24, 2.45) is 5.92 Å². The Morgan fingerprint density at radius 3 is 2.40 bits per heavy atom. The SMILES string of the molecule is Cc1ncsc1-c1ccc(CNC(=O)C2CC(O)CN2C(=O)[C@H](C(C)C)N2Cc3ccccc3C2=O)c(OCCOCCOCCOc2ccc(-c3ccc4c(c3)[nH]c3ccncc34)cn2)c1. The number of benzene rings is 3. The van der Waals surface area contributed by atoms with Crippen LogP contribution in [0.4, 0.5) is 0 Å². The number of aryl methyl sites for hydroxylation is 1. The number of aromatic nitrogens is 4. The number of hydrogen-bond donors (Lipinski definition) is 3. The molecule has 2 unspecified atom stereocenters. The van der Waals surface area contributed by atoms with Gasteiger partial charge in [0, 0.05) is 89.2 Å². The number of nitrogens with one attached hydrogen (secondary N) is 2. The van der Waals surface area contributed by atoms with E-state index in [-0.39, 0.29) is 43.8 Å². The summed E-state index contributed by atoms with van der Waals surface area (Å²) in [5, 5.41) is 16.0. The highest BCUT2D eigenvalue weighted by molar-refractivity contribution is 7.13. The van der Waals surface area contributed by atoms with Crippen LogP contribution < -0.4 is 14.8 Å². The molecule has 3 N–H and O–H groups in total. The second-order valence-electron chi connectivity index (χ2n) is 17.1. The van der Waals surface area contributed by atoms with Gasteiger partial charge in [-0.1, -0.05) is 56.3 Å². The largest absolute Gasteiger partial charge is 0.491 e. The van der Waals surface area contributed by atoms with Crippen LogP contribution in [0, 0.1) is 12.8 Å². The smallest absolute Gasteiger partial charge is 0.255 e. The lowest BCUT2D eigenvalue weighted by atomic mass is 10.0. The number of amides is 3. The van der Waals surface area contributed by atoms with Crippen molar-refractivity contribution in [2.45, 2.75) is 58.5 Å². The summed E-state index contributed by atoms with van der Waals surface area (Å²) in [6.07, 6.45) is 4.67. The quantitative estimate of drug-likeness (QED) is 0.0714. The molecule has 346 valence electrons. The summed E-state index contributed by atoms with van der Waals surface area (Å²) in [4.78, 5) is 62.2. The lowest BCUT2D eigenvalue weighted by Crippen LogP contribution is -2.55. The third-order valence-electron chi connectivity index (χ3n) is 12.3. The lowest BCUT2D eigenvalue weighted by Gasteiger charge is -2.35. The Hall–Kier alpha value is -6.72. The fourth-order valence-electron chi connectivity index (χ4n) is 8.91. The lowest BCUT2D eigenvalue weighted by molar-refractivity contribution is -0.143. The topological polar surface area (TPSA) is 181 Å². The van der Waals surface area contributed by atoms with Gasteiger partial charge in [0.15, 0.2) is 0 Å². The minimum absolute atomic E-state index is 0.00201. The number of carbonyl (C=O) groups is 3. The van der Waals surface area contributed by atoms with E-state index in [0.29, 0.717) is 56.8 Å². The van der Waals surface area contributed by atoms with Crippen molar-refractivity contribution in [3.05, 3.63) is 125 Å². The summed E-state index contributed by atoms with van der Waals surface area (Å²) >= 11 is 1.53. The molecule has 0 radical (unpaired) electrons. The fourth-order valence-corrected chi connectivity index (χ4v) is 9.71. The van der Waals surface area contributed by atoms with Gasteiger partial charge in [-0.15, -0.1) is 11.3 Å². The Morgan fingerprint density at radius 2 is 1.64 bits per heavy atom. The van der Waals surface area contributed by atoms with Crippen molar-refractivity contribution in [1.82, 2.24) is 35.1 Å². The maximum Gasteiger partial charge on any atom is 0.255 e. The zero-order valence-corrected chi connectivity index (χ0v) is 38.5. The van der Waals surface area contributed by atoms with Crippen LogP contribution in [0.25, 0.3) is 43.4 Å². The molecular weight excluding hydrogens is 871 g/mol.